The number of fused-ring (bicyclic) bond motifs is 1. The number of pyridine rings is 1. The van der Waals surface area contributed by atoms with Gasteiger partial charge in [0.15, 0.2) is 0 Å². The van der Waals surface area contributed by atoms with Crippen molar-refractivity contribution in [3.05, 3.63) is 48.5 Å². The second-order valence-corrected chi connectivity index (χ2v) is 4.56. The minimum atomic E-state index is -0.173. The molecule has 0 saturated heterocycles. The van der Waals surface area contributed by atoms with E-state index < -0.39 is 0 Å². The van der Waals surface area contributed by atoms with E-state index in [2.05, 4.69) is 20.6 Å². The van der Waals surface area contributed by atoms with Crippen LogP contribution in [0, 0.1) is 0 Å². The van der Waals surface area contributed by atoms with Gasteiger partial charge in [-0.2, -0.15) is 0 Å². The van der Waals surface area contributed by atoms with E-state index in [1.54, 1.807) is 18.6 Å². The van der Waals surface area contributed by atoms with Crippen molar-refractivity contribution >= 4 is 22.4 Å². The van der Waals surface area contributed by atoms with Crippen LogP contribution in [0.2, 0.25) is 0 Å². The van der Waals surface area contributed by atoms with Gasteiger partial charge in [0.05, 0.1) is 11.9 Å². The summed E-state index contributed by atoms with van der Waals surface area (Å²) in [6, 6.07) is 7.55. The van der Waals surface area contributed by atoms with Crippen LogP contribution in [0.5, 0.6) is 0 Å². The van der Waals surface area contributed by atoms with E-state index in [1.807, 2.05) is 24.3 Å². The average molecular weight is 282 g/mol. The van der Waals surface area contributed by atoms with Crippen LogP contribution >= 0.6 is 0 Å². The summed E-state index contributed by atoms with van der Waals surface area (Å²) < 4.78 is 1.46. The summed E-state index contributed by atoms with van der Waals surface area (Å²) in [5.41, 5.74) is 6.86. The molecule has 1 aromatic carbocycles. The number of anilines is 1. The molecule has 0 saturated carbocycles. The van der Waals surface area contributed by atoms with Gasteiger partial charge in [0.1, 0.15) is 6.54 Å². The number of aromatic nitrogens is 4. The molecule has 0 unspecified atom stereocenters. The van der Waals surface area contributed by atoms with Crippen LogP contribution in [0.1, 0.15) is 5.69 Å². The molecule has 0 atom stereocenters. The number of amides is 1. The van der Waals surface area contributed by atoms with E-state index in [4.69, 9.17) is 5.73 Å². The summed E-state index contributed by atoms with van der Waals surface area (Å²) in [4.78, 5) is 16.1. The Kier molecular flexibility index (Phi) is 3.57. The molecule has 0 aliphatic heterocycles. The SMILES string of the molecule is NCc1cn(CC(=O)Nc2cccc3cnccc23)nn1. The maximum absolute atomic E-state index is 12.1. The lowest BCUT2D eigenvalue weighted by Crippen LogP contribution is -2.19. The molecule has 106 valence electrons. The quantitative estimate of drug-likeness (QED) is 0.741. The molecule has 2 heterocycles. The number of carbonyl (C=O) groups excluding carboxylic acids is 1. The number of hydrogen-bond donors (Lipinski definition) is 2. The number of carbonyl (C=O) groups is 1. The largest absolute Gasteiger partial charge is 0.325 e. The summed E-state index contributed by atoms with van der Waals surface area (Å²) in [7, 11) is 0. The Balaban J connectivity index is 1.77. The molecule has 7 nitrogen and oxygen atoms in total. The van der Waals surface area contributed by atoms with E-state index in [-0.39, 0.29) is 12.5 Å². The molecule has 0 spiro atoms. The van der Waals surface area contributed by atoms with Crippen molar-refractivity contribution in [2.45, 2.75) is 13.1 Å². The standard InChI is InChI=1S/C14H14N6O/c15-6-11-8-20(19-18-11)9-14(21)17-13-3-1-2-10-7-16-5-4-12(10)13/h1-5,7-8H,6,9,15H2,(H,17,21). The predicted octanol–water partition coefficient (Wildman–Crippen LogP) is 0.924. The number of benzene rings is 1. The lowest BCUT2D eigenvalue weighted by Gasteiger charge is -2.08. The van der Waals surface area contributed by atoms with Crippen molar-refractivity contribution in [3.8, 4) is 0 Å². The first-order chi connectivity index (χ1) is 10.3. The van der Waals surface area contributed by atoms with Gasteiger partial charge in [-0.15, -0.1) is 5.10 Å². The smallest absolute Gasteiger partial charge is 0.246 e. The summed E-state index contributed by atoms with van der Waals surface area (Å²) in [6.07, 6.45) is 5.12. The Bertz CT molecular complexity index is 776. The van der Waals surface area contributed by atoms with E-state index in [9.17, 15) is 4.79 Å². The minimum Gasteiger partial charge on any atom is -0.325 e. The molecule has 0 radical (unpaired) electrons. The average Bonchev–Trinajstić information content (AvgIpc) is 2.95. The topological polar surface area (TPSA) is 98.7 Å². The highest BCUT2D eigenvalue weighted by Gasteiger charge is 2.08. The molecule has 0 aliphatic carbocycles. The monoisotopic (exact) mass is 282 g/mol. The third-order valence-corrected chi connectivity index (χ3v) is 3.06. The Morgan fingerprint density at radius 1 is 1.33 bits per heavy atom. The second kappa shape index (κ2) is 5.68. The van der Waals surface area contributed by atoms with E-state index in [0.717, 1.165) is 16.5 Å². The van der Waals surface area contributed by atoms with Crippen LogP contribution in [0.4, 0.5) is 5.69 Å². The number of hydrogen-bond acceptors (Lipinski definition) is 5. The van der Waals surface area contributed by atoms with Gasteiger partial charge in [-0.25, -0.2) is 4.68 Å². The molecule has 0 aliphatic rings. The van der Waals surface area contributed by atoms with Crippen LogP contribution in [0.15, 0.2) is 42.9 Å². The number of rotatable bonds is 4. The molecular weight excluding hydrogens is 268 g/mol. The summed E-state index contributed by atoms with van der Waals surface area (Å²) in [6.45, 7) is 0.395. The van der Waals surface area contributed by atoms with Crippen LogP contribution in [0.25, 0.3) is 10.8 Å². The molecule has 3 aromatic rings. The zero-order chi connectivity index (χ0) is 14.7. The van der Waals surface area contributed by atoms with E-state index >= 15 is 0 Å². The normalized spacial score (nSPS) is 10.7. The van der Waals surface area contributed by atoms with Gasteiger partial charge in [-0.05, 0) is 12.1 Å². The van der Waals surface area contributed by atoms with Gasteiger partial charge < -0.3 is 11.1 Å². The van der Waals surface area contributed by atoms with Crippen molar-refractivity contribution in [1.82, 2.24) is 20.0 Å². The Morgan fingerprint density at radius 3 is 3.05 bits per heavy atom. The number of nitrogens with zero attached hydrogens (tertiary/aromatic N) is 4. The Hall–Kier alpha value is -2.80. The molecule has 1 amide bonds. The van der Waals surface area contributed by atoms with Crippen LogP contribution < -0.4 is 11.1 Å². The summed E-state index contributed by atoms with van der Waals surface area (Å²) in [5.74, 6) is -0.173. The van der Waals surface area contributed by atoms with E-state index in [1.165, 1.54) is 4.68 Å². The van der Waals surface area contributed by atoms with Gasteiger partial charge >= 0.3 is 0 Å². The van der Waals surface area contributed by atoms with Crippen LogP contribution in [-0.4, -0.2) is 25.9 Å². The van der Waals surface area contributed by atoms with Crippen molar-refractivity contribution in [1.29, 1.82) is 0 Å². The van der Waals surface area contributed by atoms with Gasteiger partial charge in [-0.1, -0.05) is 17.3 Å². The van der Waals surface area contributed by atoms with Crippen molar-refractivity contribution in [2.24, 2.45) is 5.73 Å². The first-order valence-corrected chi connectivity index (χ1v) is 6.48. The third-order valence-electron chi connectivity index (χ3n) is 3.06. The first kappa shape index (κ1) is 13.2. The van der Waals surface area contributed by atoms with Crippen molar-refractivity contribution in [2.75, 3.05) is 5.32 Å². The Labute approximate surface area is 120 Å². The van der Waals surface area contributed by atoms with Gasteiger partial charge in [0, 0.05) is 35.4 Å². The molecule has 21 heavy (non-hydrogen) atoms. The lowest BCUT2D eigenvalue weighted by atomic mass is 10.1. The fraction of sp³-hybridized carbons (Fsp3) is 0.143. The molecule has 2 aromatic heterocycles. The van der Waals surface area contributed by atoms with Crippen LogP contribution in [0.3, 0.4) is 0 Å². The third kappa shape index (κ3) is 2.87. The first-order valence-electron chi connectivity index (χ1n) is 6.48. The number of nitrogens with one attached hydrogen (secondary N) is 1. The highest BCUT2D eigenvalue weighted by Crippen LogP contribution is 2.21. The van der Waals surface area contributed by atoms with Crippen molar-refractivity contribution < 1.29 is 4.79 Å². The summed E-state index contributed by atoms with van der Waals surface area (Å²) in [5, 5.41) is 12.5. The van der Waals surface area contributed by atoms with E-state index in [0.29, 0.717) is 12.2 Å². The molecule has 0 fully saturated rings. The lowest BCUT2D eigenvalue weighted by molar-refractivity contribution is -0.116. The minimum absolute atomic E-state index is 0.0917. The maximum Gasteiger partial charge on any atom is 0.246 e. The Morgan fingerprint density at radius 2 is 2.24 bits per heavy atom. The van der Waals surface area contributed by atoms with Gasteiger partial charge in [-0.3, -0.25) is 9.78 Å². The van der Waals surface area contributed by atoms with Gasteiger partial charge in [0.2, 0.25) is 5.91 Å². The zero-order valence-corrected chi connectivity index (χ0v) is 11.2. The second-order valence-electron chi connectivity index (χ2n) is 4.56. The highest BCUT2D eigenvalue weighted by atomic mass is 16.2. The molecule has 0 bridgehead atoms. The van der Waals surface area contributed by atoms with Crippen molar-refractivity contribution in [3.63, 3.8) is 0 Å². The molecular formula is C14H14N6O. The zero-order valence-electron chi connectivity index (χ0n) is 11.2. The molecule has 7 heteroatoms. The number of nitrogens with two attached hydrogens (primary N) is 1. The van der Waals surface area contributed by atoms with Crippen LogP contribution in [-0.2, 0) is 17.9 Å². The maximum atomic E-state index is 12.1. The summed E-state index contributed by atoms with van der Waals surface area (Å²) >= 11 is 0. The fourth-order valence-electron chi connectivity index (χ4n) is 2.08. The fourth-order valence-corrected chi connectivity index (χ4v) is 2.08. The predicted molar refractivity (Wildman–Crippen MR) is 78.3 cm³/mol. The highest BCUT2D eigenvalue weighted by molar-refractivity contribution is 6.01. The molecule has 3 rings (SSSR count). The molecule has 3 N–H and O–H groups in total. The van der Waals surface area contributed by atoms with Gasteiger partial charge in [0.25, 0.3) is 0 Å².